The molecule has 9 atom stereocenters. The lowest BCUT2D eigenvalue weighted by Gasteiger charge is -2.42. The van der Waals surface area contributed by atoms with Gasteiger partial charge >= 0.3 is 0 Å². The number of nitrogens with one attached hydrogen (secondary N) is 1. The molecule has 3 aliphatic rings. The van der Waals surface area contributed by atoms with Crippen LogP contribution in [0.4, 0.5) is 17.8 Å². The van der Waals surface area contributed by atoms with Crippen LogP contribution in [-0.4, -0.2) is 124 Å². The number of hydrogen-bond acceptors (Lipinski definition) is 15. The lowest BCUT2D eigenvalue weighted by molar-refractivity contribution is -0.259. The fourth-order valence-corrected chi connectivity index (χ4v) is 5.08. The molecular formula is C22H40N10O5. The standard InChI is InChI=1S/C22H40N10O5/c1-2-3-36-19-16(18(35)17(34)15(10-33)37-19)27-20-28-21(31-6-11(23)4-12(24)7-31)30-22(29-20)32-8-13(25)5-14(26)9-32/h2,11-19,33-35H,1,3-10,23-26H2,(H,27,28,29,30). The van der Waals surface area contributed by atoms with E-state index in [0.717, 1.165) is 0 Å². The summed E-state index contributed by atoms with van der Waals surface area (Å²) >= 11 is 0. The van der Waals surface area contributed by atoms with Gasteiger partial charge in [0, 0.05) is 50.3 Å². The van der Waals surface area contributed by atoms with Crippen molar-refractivity contribution in [1.29, 1.82) is 0 Å². The van der Waals surface area contributed by atoms with E-state index in [1.165, 1.54) is 6.08 Å². The van der Waals surface area contributed by atoms with Crippen molar-refractivity contribution in [3.63, 3.8) is 0 Å². The number of hydrogen-bond donors (Lipinski definition) is 8. The van der Waals surface area contributed by atoms with E-state index in [0.29, 0.717) is 50.9 Å². The maximum absolute atomic E-state index is 10.9. The molecule has 0 amide bonds. The van der Waals surface area contributed by atoms with E-state index >= 15 is 0 Å². The van der Waals surface area contributed by atoms with Crippen molar-refractivity contribution in [3.05, 3.63) is 12.7 Å². The van der Waals surface area contributed by atoms with E-state index in [1.807, 2.05) is 9.80 Å². The summed E-state index contributed by atoms with van der Waals surface area (Å²) in [5.74, 6) is 0.832. The summed E-state index contributed by atoms with van der Waals surface area (Å²) in [6.07, 6.45) is -1.90. The van der Waals surface area contributed by atoms with Crippen LogP contribution in [0, 0.1) is 0 Å². The first-order chi connectivity index (χ1) is 17.7. The SMILES string of the molecule is C=CCOC1OC(CO)C(O)C(O)C1Nc1nc(N2CC(N)CC(N)C2)nc(N2CC(N)CC(N)C2)n1. The van der Waals surface area contributed by atoms with E-state index in [9.17, 15) is 15.3 Å². The Hall–Kier alpha value is -2.21. The normalized spacial score (nSPS) is 36.9. The first-order valence-electron chi connectivity index (χ1n) is 12.6. The second-order valence-corrected chi connectivity index (χ2v) is 10.1. The first kappa shape index (κ1) is 27.8. The number of aliphatic hydroxyl groups excluding tert-OH is 3. The fourth-order valence-electron chi connectivity index (χ4n) is 5.08. The van der Waals surface area contributed by atoms with Crippen LogP contribution >= 0.6 is 0 Å². The Balaban J connectivity index is 1.67. The molecule has 4 rings (SSSR count). The first-order valence-corrected chi connectivity index (χ1v) is 12.6. The van der Waals surface area contributed by atoms with Gasteiger partial charge < -0.3 is 62.8 Å². The third-order valence-electron chi connectivity index (χ3n) is 6.76. The van der Waals surface area contributed by atoms with Crippen LogP contribution in [0.5, 0.6) is 0 Å². The number of nitrogens with zero attached hydrogens (tertiary/aromatic N) is 5. The number of piperidine rings is 2. The monoisotopic (exact) mass is 524 g/mol. The van der Waals surface area contributed by atoms with Gasteiger partial charge in [0.25, 0.3) is 0 Å². The lowest BCUT2D eigenvalue weighted by Crippen LogP contribution is -2.62. The van der Waals surface area contributed by atoms with Crippen molar-refractivity contribution in [1.82, 2.24) is 15.0 Å². The highest BCUT2D eigenvalue weighted by atomic mass is 16.7. The smallest absolute Gasteiger partial charge is 0.232 e. The fraction of sp³-hybridized carbons (Fsp3) is 0.773. The third kappa shape index (κ3) is 6.63. The van der Waals surface area contributed by atoms with Gasteiger partial charge in [-0.05, 0) is 12.8 Å². The number of anilines is 3. The highest BCUT2D eigenvalue weighted by Gasteiger charge is 2.45. The highest BCUT2D eigenvalue weighted by Crippen LogP contribution is 2.27. The van der Waals surface area contributed by atoms with Crippen LogP contribution < -0.4 is 38.1 Å². The minimum atomic E-state index is -1.37. The molecule has 15 heteroatoms. The molecule has 0 aromatic carbocycles. The Labute approximate surface area is 215 Å². The molecule has 12 N–H and O–H groups in total. The maximum atomic E-state index is 10.9. The summed E-state index contributed by atoms with van der Waals surface area (Å²) in [6.45, 7) is 5.28. The molecule has 1 aromatic rings. The highest BCUT2D eigenvalue weighted by molar-refractivity contribution is 5.47. The van der Waals surface area contributed by atoms with Crippen molar-refractivity contribution in [2.75, 3.05) is 54.5 Å². The van der Waals surface area contributed by atoms with E-state index in [-0.39, 0.29) is 36.7 Å². The van der Waals surface area contributed by atoms with E-state index in [2.05, 4.69) is 26.8 Å². The van der Waals surface area contributed by atoms with Crippen LogP contribution in [0.25, 0.3) is 0 Å². The van der Waals surface area contributed by atoms with Gasteiger partial charge in [0.2, 0.25) is 17.8 Å². The summed E-state index contributed by atoms with van der Waals surface area (Å²) in [5, 5.41) is 34.0. The zero-order valence-corrected chi connectivity index (χ0v) is 20.8. The molecule has 1 aromatic heterocycles. The zero-order valence-electron chi connectivity index (χ0n) is 20.8. The Morgan fingerprint density at radius 1 is 0.919 bits per heavy atom. The molecule has 3 fully saturated rings. The average Bonchev–Trinajstić information content (AvgIpc) is 2.85. The van der Waals surface area contributed by atoms with Crippen LogP contribution in [-0.2, 0) is 9.47 Å². The summed E-state index contributed by atoms with van der Waals surface area (Å²) in [5.41, 5.74) is 24.8. The number of rotatable bonds is 8. The van der Waals surface area contributed by atoms with Crippen LogP contribution in [0.15, 0.2) is 12.7 Å². The van der Waals surface area contributed by atoms with Gasteiger partial charge in [-0.2, -0.15) is 15.0 Å². The number of aromatic nitrogens is 3. The molecule has 0 saturated carbocycles. The molecule has 0 radical (unpaired) electrons. The molecular weight excluding hydrogens is 484 g/mol. The van der Waals surface area contributed by atoms with Crippen molar-refractivity contribution in [3.8, 4) is 0 Å². The minimum Gasteiger partial charge on any atom is -0.394 e. The van der Waals surface area contributed by atoms with Crippen molar-refractivity contribution in [2.45, 2.75) is 67.7 Å². The van der Waals surface area contributed by atoms with Gasteiger partial charge in [0.05, 0.1) is 13.2 Å². The van der Waals surface area contributed by atoms with Crippen molar-refractivity contribution < 1.29 is 24.8 Å². The third-order valence-corrected chi connectivity index (χ3v) is 6.76. The number of ether oxygens (including phenoxy) is 2. The van der Waals surface area contributed by atoms with E-state index < -0.39 is 37.3 Å². The van der Waals surface area contributed by atoms with Gasteiger partial charge in [0.15, 0.2) is 6.29 Å². The predicted octanol–water partition coefficient (Wildman–Crippen LogP) is -3.98. The Morgan fingerprint density at radius 3 is 1.89 bits per heavy atom. The van der Waals surface area contributed by atoms with Crippen molar-refractivity contribution >= 4 is 17.8 Å². The molecule has 3 saturated heterocycles. The molecule has 0 bridgehead atoms. The molecule has 15 nitrogen and oxygen atoms in total. The quantitative estimate of drug-likeness (QED) is 0.151. The molecule has 208 valence electrons. The van der Waals surface area contributed by atoms with E-state index in [4.69, 9.17) is 32.4 Å². The van der Waals surface area contributed by atoms with Crippen LogP contribution in [0.3, 0.4) is 0 Å². The number of nitrogens with two attached hydrogens (primary N) is 4. The Bertz CT molecular complexity index is 850. The lowest BCUT2D eigenvalue weighted by atomic mass is 9.97. The van der Waals surface area contributed by atoms with Gasteiger partial charge in [-0.3, -0.25) is 0 Å². The van der Waals surface area contributed by atoms with Gasteiger partial charge in [0.1, 0.15) is 24.4 Å². The molecule has 0 spiro atoms. The summed E-state index contributed by atoms with van der Waals surface area (Å²) in [7, 11) is 0. The Morgan fingerprint density at radius 2 is 1.43 bits per heavy atom. The second-order valence-electron chi connectivity index (χ2n) is 10.1. The summed E-state index contributed by atoms with van der Waals surface area (Å²) in [6, 6.07) is -1.56. The van der Waals surface area contributed by atoms with Gasteiger partial charge in [-0.25, -0.2) is 0 Å². The van der Waals surface area contributed by atoms with Crippen LogP contribution in [0.2, 0.25) is 0 Å². The molecule has 0 aliphatic carbocycles. The molecule has 4 heterocycles. The van der Waals surface area contributed by atoms with Gasteiger partial charge in [-0.1, -0.05) is 6.08 Å². The topological polar surface area (TPSA) is 240 Å². The summed E-state index contributed by atoms with van der Waals surface area (Å²) in [4.78, 5) is 17.7. The predicted molar refractivity (Wildman–Crippen MR) is 137 cm³/mol. The number of aliphatic hydroxyl groups is 3. The summed E-state index contributed by atoms with van der Waals surface area (Å²) < 4.78 is 11.4. The molecule has 9 unspecified atom stereocenters. The van der Waals surface area contributed by atoms with Crippen molar-refractivity contribution in [2.24, 2.45) is 22.9 Å². The van der Waals surface area contributed by atoms with Gasteiger partial charge in [-0.15, -0.1) is 6.58 Å². The van der Waals surface area contributed by atoms with E-state index in [1.54, 1.807) is 0 Å². The largest absolute Gasteiger partial charge is 0.394 e. The maximum Gasteiger partial charge on any atom is 0.232 e. The molecule has 3 aliphatic heterocycles. The van der Waals surface area contributed by atoms with Crippen LogP contribution in [0.1, 0.15) is 12.8 Å². The molecule has 37 heavy (non-hydrogen) atoms. The zero-order chi connectivity index (χ0) is 26.7. The Kier molecular flexibility index (Phi) is 9.10. The second kappa shape index (κ2) is 12.1. The minimum absolute atomic E-state index is 0.116. The average molecular weight is 525 g/mol.